The summed E-state index contributed by atoms with van der Waals surface area (Å²) < 4.78 is 0. The van der Waals surface area contributed by atoms with Gasteiger partial charge in [-0.2, -0.15) is 0 Å². The van der Waals surface area contributed by atoms with Gasteiger partial charge in [0.25, 0.3) is 0 Å². The summed E-state index contributed by atoms with van der Waals surface area (Å²) in [4.78, 5) is 4.74. The Bertz CT molecular complexity index is 88.9. The average molecular weight is 129 g/mol. The molecule has 0 aromatic rings. The van der Waals surface area contributed by atoms with Gasteiger partial charge in [-0.25, -0.2) is 0 Å². The van der Waals surface area contributed by atoms with E-state index in [1.807, 2.05) is 13.8 Å². The van der Waals surface area contributed by atoms with E-state index in [-0.39, 0.29) is 0 Å². The highest BCUT2D eigenvalue weighted by molar-refractivity contribution is 5.84. The van der Waals surface area contributed by atoms with Crippen LogP contribution in [0.25, 0.3) is 0 Å². The van der Waals surface area contributed by atoms with Crippen molar-refractivity contribution in [3.05, 3.63) is 0 Å². The van der Waals surface area contributed by atoms with Crippen LogP contribution in [-0.2, 0) is 4.84 Å². The molecule has 9 heavy (non-hydrogen) atoms. The van der Waals surface area contributed by atoms with E-state index in [9.17, 15) is 0 Å². The van der Waals surface area contributed by atoms with Crippen molar-refractivity contribution in [2.45, 2.75) is 33.6 Å². The van der Waals surface area contributed by atoms with Gasteiger partial charge in [0.15, 0.2) is 0 Å². The molecule has 0 saturated carbocycles. The second kappa shape index (κ2) is 5.60. The van der Waals surface area contributed by atoms with Gasteiger partial charge in [-0.05, 0) is 6.42 Å². The van der Waals surface area contributed by atoms with Crippen LogP contribution in [-0.4, -0.2) is 12.3 Å². The molecule has 0 bridgehead atoms. The molecule has 1 aliphatic heterocycles. The van der Waals surface area contributed by atoms with E-state index in [0.29, 0.717) is 0 Å². The number of hydrogen-bond acceptors (Lipinski definition) is 2. The Morgan fingerprint density at radius 3 is 2.44 bits per heavy atom. The molecule has 1 rings (SSSR count). The molecule has 0 aromatic carbocycles. The van der Waals surface area contributed by atoms with Crippen LogP contribution in [0.3, 0.4) is 0 Å². The fraction of sp³-hybridized carbons (Fsp3) is 0.857. The van der Waals surface area contributed by atoms with E-state index in [1.54, 1.807) is 0 Å². The largest absolute Gasteiger partial charge is 0.395 e. The molecule has 2 nitrogen and oxygen atoms in total. The first-order valence-electron chi connectivity index (χ1n) is 3.61. The Balaban J connectivity index is 0.000000291. The molecule has 0 atom stereocenters. The van der Waals surface area contributed by atoms with E-state index in [0.717, 1.165) is 19.4 Å². The lowest BCUT2D eigenvalue weighted by Crippen LogP contribution is -1.88. The second-order valence-corrected chi connectivity index (χ2v) is 1.59. The molecule has 0 fully saturated rings. The van der Waals surface area contributed by atoms with Crippen LogP contribution in [0.5, 0.6) is 0 Å². The van der Waals surface area contributed by atoms with Crippen LogP contribution in [0.2, 0.25) is 0 Å². The van der Waals surface area contributed by atoms with Crippen LogP contribution in [0.15, 0.2) is 5.16 Å². The molecular weight excluding hydrogens is 114 g/mol. The minimum atomic E-state index is 0.795. The molecule has 0 saturated heterocycles. The predicted octanol–water partition coefficient (Wildman–Crippen LogP) is 2.20. The van der Waals surface area contributed by atoms with Crippen LogP contribution >= 0.6 is 0 Å². The highest BCUT2D eigenvalue weighted by atomic mass is 16.6. The summed E-state index contributed by atoms with van der Waals surface area (Å²) >= 11 is 0. The standard InChI is InChI=1S/C5H9NO.C2H6/c1-2-5-3-4-7-6-5;1-2/h2-4H2,1H3;1-2H3. The number of rotatable bonds is 1. The molecule has 0 N–H and O–H groups in total. The third-order valence-electron chi connectivity index (χ3n) is 1.08. The molecule has 1 heterocycles. The van der Waals surface area contributed by atoms with Crippen molar-refractivity contribution < 1.29 is 4.84 Å². The topological polar surface area (TPSA) is 21.6 Å². The van der Waals surface area contributed by atoms with Gasteiger partial charge in [-0.15, -0.1) is 0 Å². The summed E-state index contributed by atoms with van der Waals surface area (Å²) in [7, 11) is 0. The monoisotopic (exact) mass is 129 g/mol. The van der Waals surface area contributed by atoms with Crippen molar-refractivity contribution >= 4 is 5.71 Å². The number of nitrogens with zero attached hydrogens (tertiary/aromatic N) is 1. The lowest BCUT2D eigenvalue weighted by atomic mass is 10.2. The summed E-state index contributed by atoms with van der Waals surface area (Å²) in [6.45, 7) is 6.89. The van der Waals surface area contributed by atoms with Crippen LogP contribution in [0, 0.1) is 0 Å². The smallest absolute Gasteiger partial charge is 0.122 e. The highest BCUT2D eigenvalue weighted by Gasteiger charge is 2.02. The summed E-state index contributed by atoms with van der Waals surface area (Å²) in [5.74, 6) is 0. The zero-order chi connectivity index (χ0) is 7.11. The Labute approximate surface area is 56.9 Å². The highest BCUT2D eigenvalue weighted by Crippen LogP contribution is 2.01. The fourth-order valence-corrected chi connectivity index (χ4v) is 0.587. The second-order valence-electron chi connectivity index (χ2n) is 1.59. The molecule has 54 valence electrons. The van der Waals surface area contributed by atoms with Crippen LogP contribution in [0.4, 0.5) is 0 Å². The molecular formula is C7H15NO. The van der Waals surface area contributed by atoms with Crippen molar-refractivity contribution in [1.29, 1.82) is 0 Å². The minimum absolute atomic E-state index is 0.795. The van der Waals surface area contributed by atoms with Gasteiger partial charge in [-0.1, -0.05) is 25.9 Å². The van der Waals surface area contributed by atoms with Gasteiger partial charge >= 0.3 is 0 Å². The fourth-order valence-electron chi connectivity index (χ4n) is 0.587. The normalized spacial score (nSPS) is 15.2. The van der Waals surface area contributed by atoms with E-state index in [1.165, 1.54) is 5.71 Å². The summed E-state index contributed by atoms with van der Waals surface area (Å²) in [6.07, 6.45) is 2.08. The van der Waals surface area contributed by atoms with Crippen LogP contribution < -0.4 is 0 Å². The molecule has 0 spiro atoms. The van der Waals surface area contributed by atoms with Crippen molar-refractivity contribution in [3.63, 3.8) is 0 Å². The van der Waals surface area contributed by atoms with Crippen molar-refractivity contribution in [3.8, 4) is 0 Å². The summed E-state index contributed by atoms with van der Waals surface area (Å²) in [5.41, 5.74) is 1.19. The van der Waals surface area contributed by atoms with Crippen molar-refractivity contribution in [2.24, 2.45) is 5.16 Å². The van der Waals surface area contributed by atoms with Gasteiger partial charge in [0.2, 0.25) is 0 Å². The average Bonchev–Trinajstić information content (AvgIpc) is 2.43. The Hall–Kier alpha value is -0.530. The summed E-state index contributed by atoms with van der Waals surface area (Å²) in [6, 6.07) is 0. The van der Waals surface area contributed by atoms with E-state index >= 15 is 0 Å². The molecule has 0 radical (unpaired) electrons. The van der Waals surface area contributed by atoms with Gasteiger partial charge in [0.1, 0.15) is 6.61 Å². The predicted molar refractivity (Wildman–Crippen MR) is 39.6 cm³/mol. The number of oxime groups is 1. The zero-order valence-electron chi connectivity index (χ0n) is 6.48. The maximum atomic E-state index is 4.74. The first-order valence-corrected chi connectivity index (χ1v) is 3.61. The molecule has 0 amide bonds. The van der Waals surface area contributed by atoms with Crippen molar-refractivity contribution in [1.82, 2.24) is 0 Å². The Morgan fingerprint density at radius 1 is 1.56 bits per heavy atom. The number of hydrogen-bond donors (Lipinski definition) is 0. The van der Waals surface area contributed by atoms with E-state index < -0.39 is 0 Å². The Kier molecular flexibility index (Phi) is 5.27. The summed E-state index contributed by atoms with van der Waals surface area (Å²) in [5, 5.41) is 3.77. The first kappa shape index (κ1) is 8.47. The molecule has 2 heteroatoms. The van der Waals surface area contributed by atoms with Gasteiger partial charge in [-0.3, -0.25) is 0 Å². The lowest BCUT2D eigenvalue weighted by Gasteiger charge is -1.81. The third-order valence-corrected chi connectivity index (χ3v) is 1.08. The molecule has 1 aliphatic rings. The third kappa shape index (κ3) is 3.12. The maximum Gasteiger partial charge on any atom is 0.122 e. The van der Waals surface area contributed by atoms with Gasteiger partial charge < -0.3 is 4.84 Å². The van der Waals surface area contributed by atoms with Crippen LogP contribution in [0.1, 0.15) is 33.6 Å². The minimum Gasteiger partial charge on any atom is -0.395 e. The maximum absolute atomic E-state index is 4.74. The van der Waals surface area contributed by atoms with E-state index in [4.69, 9.17) is 4.84 Å². The zero-order valence-corrected chi connectivity index (χ0v) is 6.48. The Morgan fingerprint density at radius 2 is 2.22 bits per heavy atom. The first-order chi connectivity index (χ1) is 4.43. The quantitative estimate of drug-likeness (QED) is 0.532. The lowest BCUT2D eigenvalue weighted by molar-refractivity contribution is 0.173. The molecule has 0 aromatic heterocycles. The molecule has 0 aliphatic carbocycles. The van der Waals surface area contributed by atoms with Crippen molar-refractivity contribution in [2.75, 3.05) is 6.61 Å². The SMILES string of the molecule is CC.CCC1=NOCC1. The van der Waals surface area contributed by atoms with Gasteiger partial charge in [0.05, 0.1) is 5.71 Å². The molecule has 0 unspecified atom stereocenters. The van der Waals surface area contributed by atoms with Gasteiger partial charge in [0, 0.05) is 6.42 Å². The van der Waals surface area contributed by atoms with E-state index in [2.05, 4.69) is 12.1 Å².